The molecule has 0 aliphatic carbocycles. The molecule has 21 heavy (non-hydrogen) atoms. The van der Waals surface area contributed by atoms with Crippen LogP contribution < -0.4 is 5.32 Å². The first-order valence-corrected chi connectivity index (χ1v) is 7.96. The average Bonchev–Trinajstić information content (AvgIpc) is 2.67. The van der Waals surface area contributed by atoms with Crippen molar-refractivity contribution in [3.05, 3.63) is 0 Å². The highest BCUT2D eigenvalue weighted by molar-refractivity contribution is 5.74. The van der Waals surface area contributed by atoms with E-state index in [2.05, 4.69) is 24.2 Å². The predicted molar refractivity (Wildman–Crippen MR) is 82.4 cm³/mol. The van der Waals surface area contributed by atoms with E-state index in [1.165, 1.54) is 0 Å². The third-order valence-electron chi connectivity index (χ3n) is 4.18. The summed E-state index contributed by atoms with van der Waals surface area (Å²) < 4.78 is 0. The van der Waals surface area contributed by atoms with Crippen molar-refractivity contribution in [2.75, 3.05) is 39.8 Å². The summed E-state index contributed by atoms with van der Waals surface area (Å²) in [6, 6.07) is 0.0124. The minimum Gasteiger partial charge on any atom is -0.481 e. The maximum absolute atomic E-state index is 12.1. The fourth-order valence-corrected chi connectivity index (χ4v) is 2.62. The molecule has 1 heterocycles. The van der Waals surface area contributed by atoms with E-state index in [-0.39, 0.29) is 12.5 Å². The molecule has 1 aliphatic heterocycles. The maximum Gasteiger partial charge on any atom is 0.317 e. The topological polar surface area (TPSA) is 72.9 Å². The molecule has 0 aromatic rings. The molecule has 6 nitrogen and oxygen atoms in total. The zero-order valence-corrected chi connectivity index (χ0v) is 13.3. The molecule has 0 aromatic heterocycles. The summed E-state index contributed by atoms with van der Waals surface area (Å²) in [4.78, 5) is 26.8. The largest absolute Gasteiger partial charge is 0.481 e. The Kier molecular flexibility index (Phi) is 8.12. The number of carbonyl (C=O) groups excluding carboxylic acids is 1. The molecule has 2 N–H and O–H groups in total. The van der Waals surface area contributed by atoms with E-state index in [9.17, 15) is 9.59 Å². The Hall–Kier alpha value is -1.30. The first-order chi connectivity index (χ1) is 10.0. The van der Waals surface area contributed by atoms with E-state index >= 15 is 0 Å². The number of likely N-dealkylation sites (N-methyl/N-ethyl adjacent to an activating group) is 1. The van der Waals surface area contributed by atoms with Gasteiger partial charge in [-0.15, -0.1) is 0 Å². The number of amides is 2. The number of hydrogen-bond acceptors (Lipinski definition) is 3. The summed E-state index contributed by atoms with van der Waals surface area (Å²) >= 11 is 0. The number of hydrogen-bond donors (Lipinski definition) is 2. The van der Waals surface area contributed by atoms with Crippen molar-refractivity contribution in [3.8, 4) is 0 Å². The molecular formula is C15H29N3O3. The highest BCUT2D eigenvalue weighted by Crippen LogP contribution is 2.14. The summed E-state index contributed by atoms with van der Waals surface area (Å²) in [7, 11) is 2.08. The molecule has 0 radical (unpaired) electrons. The van der Waals surface area contributed by atoms with Crippen molar-refractivity contribution in [2.45, 2.75) is 39.0 Å². The van der Waals surface area contributed by atoms with Crippen LogP contribution in [0.1, 0.15) is 39.0 Å². The van der Waals surface area contributed by atoms with Gasteiger partial charge in [-0.1, -0.05) is 13.3 Å². The molecule has 0 aromatic carbocycles. The van der Waals surface area contributed by atoms with Crippen molar-refractivity contribution >= 4 is 12.0 Å². The van der Waals surface area contributed by atoms with E-state index in [0.717, 1.165) is 45.4 Å². The lowest BCUT2D eigenvalue weighted by atomic mass is 9.97. The van der Waals surface area contributed by atoms with Gasteiger partial charge in [-0.25, -0.2) is 4.79 Å². The van der Waals surface area contributed by atoms with Gasteiger partial charge in [0.25, 0.3) is 0 Å². The van der Waals surface area contributed by atoms with Gasteiger partial charge in [0, 0.05) is 32.6 Å². The second-order valence-corrected chi connectivity index (χ2v) is 5.87. The van der Waals surface area contributed by atoms with E-state index in [1.807, 2.05) is 4.90 Å². The van der Waals surface area contributed by atoms with Crippen LogP contribution in [0.5, 0.6) is 0 Å². The molecule has 2 amide bonds. The van der Waals surface area contributed by atoms with Crippen LogP contribution in [-0.2, 0) is 4.79 Å². The van der Waals surface area contributed by atoms with Gasteiger partial charge in [-0.3, -0.25) is 4.79 Å². The number of carboxylic acid groups (broad SMARTS) is 1. The van der Waals surface area contributed by atoms with Gasteiger partial charge in [0.1, 0.15) is 0 Å². The minimum atomic E-state index is -0.744. The number of aliphatic carboxylic acids is 1. The lowest BCUT2D eigenvalue weighted by Crippen LogP contribution is -2.42. The lowest BCUT2D eigenvalue weighted by Gasteiger charge is -2.22. The third-order valence-corrected chi connectivity index (χ3v) is 4.18. The molecule has 1 atom stereocenters. The van der Waals surface area contributed by atoms with E-state index < -0.39 is 5.97 Å². The van der Waals surface area contributed by atoms with Crippen LogP contribution in [0.15, 0.2) is 0 Å². The quantitative estimate of drug-likeness (QED) is 0.749. The van der Waals surface area contributed by atoms with Gasteiger partial charge in [0.2, 0.25) is 0 Å². The summed E-state index contributed by atoms with van der Waals surface area (Å²) in [5, 5.41) is 11.7. The van der Waals surface area contributed by atoms with Crippen molar-refractivity contribution in [3.63, 3.8) is 0 Å². The van der Waals surface area contributed by atoms with Crippen molar-refractivity contribution in [1.29, 1.82) is 0 Å². The Morgan fingerprint density at radius 2 is 1.95 bits per heavy atom. The van der Waals surface area contributed by atoms with Crippen LogP contribution in [-0.4, -0.2) is 66.7 Å². The summed E-state index contributed by atoms with van der Waals surface area (Å²) in [5.41, 5.74) is 0. The van der Waals surface area contributed by atoms with Gasteiger partial charge in [0.05, 0.1) is 0 Å². The van der Waals surface area contributed by atoms with Gasteiger partial charge in [-0.05, 0) is 38.8 Å². The number of rotatable bonds is 7. The summed E-state index contributed by atoms with van der Waals surface area (Å²) in [5.74, 6) is -0.372. The second-order valence-electron chi connectivity index (χ2n) is 5.87. The Labute approximate surface area is 127 Å². The molecule has 1 fully saturated rings. The maximum atomic E-state index is 12.1. The Balaban J connectivity index is 2.23. The zero-order valence-electron chi connectivity index (χ0n) is 13.3. The van der Waals surface area contributed by atoms with Crippen LogP contribution in [0.4, 0.5) is 4.79 Å². The Bertz CT molecular complexity index is 336. The summed E-state index contributed by atoms with van der Waals surface area (Å²) in [6.45, 7) is 6.24. The minimum absolute atomic E-state index is 0.0124. The first kappa shape index (κ1) is 17.8. The van der Waals surface area contributed by atoms with Crippen LogP contribution in [0.2, 0.25) is 0 Å². The smallest absolute Gasteiger partial charge is 0.317 e. The molecular weight excluding hydrogens is 270 g/mol. The van der Waals surface area contributed by atoms with Crippen molar-refractivity contribution in [2.24, 2.45) is 5.92 Å². The number of nitrogens with one attached hydrogen (secondary N) is 1. The molecule has 1 saturated heterocycles. The molecule has 0 saturated carbocycles. The monoisotopic (exact) mass is 299 g/mol. The van der Waals surface area contributed by atoms with E-state index in [0.29, 0.717) is 18.9 Å². The van der Waals surface area contributed by atoms with Gasteiger partial charge < -0.3 is 20.2 Å². The SMILES string of the molecule is CCC(CCNC(=O)N1CCCN(C)CC1)CCC(=O)O. The van der Waals surface area contributed by atoms with Gasteiger partial charge in [-0.2, -0.15) is 0 Å². The highest BCUT2D eigenvalue weighted by Gasteiger charge is 2.17. The van der Waals surface area contributed by atoms with Gasteiger partial charge in [0.15, 0.2) is 0 Å². The fraction of sp³-hybridized carbons (Fsp3) is 0.867. The fourth-order valence-electron chi connectivity index (χ4n) is 2.62. The summed E-state index contributed by atoms with van der Waals surface area (Å²) in [6.07, 6.45) is 3.72. The molecule has 1 rings (SSSR count). The molecule has 1 aliphatic rings. The van der Waals surface area contributed by atoms with Crippen LogP contribution in [0.25, 0.3) is 0 Å². The zero-order chi connectivity index (χ0) is 15.7. The third kappa shape index (κ3) is 7.32. The predicted octanol–water partition coefficient (Wildman–Crippen LogP) is 1.61. The van der Waals surface area contributed by atoms with Crippen LogP contribution >= 0.6 is 0 Å². The number of carboxylic acids is 1. The normalized spacial score (nSPS) is 18.1. The van der Waals surface area contributed by atoms with Crippen molar-refractivity contribution < 1.29 is 14.7 Å². The Morgan fingerprint density at radius 3 is 2.62 bits per heavy atom. The first-order valence-electron chi connectivity index (χ1n) is 7.96. The molecule has 0 bridgehead atoms. The molecule has 122 valence electrons. The number of urea groups is 1. The van der Waals surface area contributed by atoms with Gasteiger partial charge >= 0.3 is 12.0 Å². The lowest BCUT2D eigenvalue weighted by molar-refractivity contribution is -0.137. The molecule has 0 spiro atoms. The van der Waals surface area contributed by atoms with E-state index in [4.69, 9.17) is 5.11 Å². The molecule has 6 heteroatoms. The number of carbonyl (C=O) groups is 2. The Morgan fingerprint density at radius 1 is 1.19 bits per heavy atom. The van der Waals surface area contributed by atoms with Crippen molar-refractivity contribution in [1.82, 2.24) is 15.1 Å². The van der Waals surface area contributed by atoms with Crippen LogP contribution in [0, 0.1) is 5.92 Å². The standard InChI is InChI=1S/C15H29N3O3/c1-3-13(5-6-14(19)20)7-8-16-15(21)18-10-4-9-17(2)11-12-18/h13H,3-12H2,1-2H3,(H,16,21)(H,19,20). The highest BCUT2D eigenvalue weighted by atomic mass is 16.4. The average molecular weight is 299 g/mol. The second kappa shape index (κ2) is 9.60. The van der Waals surface area contributed by atoms with E-state index in [1.54, 1.807) is 0 Å². The van der Waals surface area contributed by atoms with Crippen LogP contribution in [0.3, 0.4) is 0 Å². The number of nitrogens with zero attached hydrogens (tertiary/aromatic N) is 2. The molecule has 1 unspecified atom stereocenters.